The number of fused-ring (bicyclic) bond motifs is 1. The Morgan fingerprint density at radius 1 is 1.29 bits per heavy atom. The topological polar surface area (TPSA) is 123 Å². The molecule has 0 spiro atoms. The second kappa shape index (κ2) is 8.31. The Balaban J connectivity index is 1.43. The number of nitrogens with zero attached hydrogens (tertiary/aromatic N) is 4. The summed E-state index contributed by atoms with van der Waals surface area (Å²) in [7, 11) is 0. The molecule has 1 aromatic carbocycles. The maximum atomic E-state index is 14.0. The number of aromatic nitrogens is 3. The normalized spacial score (nSPS) is 15.5. The van der Waals surface area contributed by atoms with Crippen molar-refractivity contribution in [3.05, 3.63) is 58.8 Å². The number of nitrogens with one attached hydrogen (secondary N) is 1. The smallest absolute Gasteiger partial charge is 0.269 e. The maximum absolute atomic E-state index is 14.0. The van der Waals surface area contributed by atoms with Crippen LogP contribution in [-0.2, 0) is 22.7 Å². The van der Waals surface area contributed by atoms with Gasteiger partial charge in [0.15, 0.2) is 5.69 Å². The average Bonchev–Trinajstić information content (AvgIpc) is 3.07. The highest BCUT2D eigenvalue weighted by molar-refractivity contribution is 6.30. The molecular formula is C20H18ClFN6O3. The molecule has 9 nitrogen and oxygen atoms in total. The number of rotatable bonds is 6. The Bertz CT molecular complexity index is 1200. The highest BCUT2D eigenvalue weighted by atomic mass is 35.5. The lowest BCUT2D eigenvalue weighted by Gasteiger charge is -2.39. The number of nitrogens with two attached hydrogens (primary N) is 1. The van der Waals surface area contributed by atoms with Crippen molar-refractivity contribution in [1.29, 1.82) is 0 Å². The number of benzene rings is 1. The summed E-state index contributed by atoms with van der Waals surface area (Å²) >= 11 is 5.75. The van der Waals surface area contributed by atoms with Gasteiger partial charge >= 0.3 is 0 Å². The van der Waals surface area contributed by atoms with E-state index in [1.54, 1.807) is 12.1 Å². The average molecular weight is 445 g/mol. The van der Waals surface area contributed by atoms with E-state index in [-0.39, 0.29) is 41.2 Å². The van der Waals surface area contributed by atoms with Crippen LogP contribution in [0.4, 0.5) is 4.39 Å². The Morgan fingerprint density at radius 2 is 2.10 bits per heavy atom. The van der Waals surface area contributed by atoms with E-state index < -0.39 is 17.8 Å². The third-order valence-electron chi connectivity index (χ3n) is 5.20. The predicted octanol–water partition coefficient (Wildman–Crippen LogP) is 1.24. The molecule has 1 atom stereocenters. The number of halogens is 2. The summed E-state index contributed by atoms with van der Waals surface area (Å²) in [5.41, 5.74) is 6.16. The molecule has 1 fully saturated rings. The number of pyridine rings is 1. The van der Waals surface area contributed by atoms with E-state index in [0.717, 1.165) is 0 Å². The van der Waals surface area contributed by atoms with Crippen LogP contribution in [0.2, 0.25) is 5.02 Å². The van der Waals surface area contributed by atoms with Gasteiger partial charge in [0.2, 0.25) is 11.8 Å². The minimum atomic E-state index is -0.711. The Labute approximate surface area is 181 Å². The molecule has 160 valence electrons. The van der Waals surface area contributed by atoms with Crippen molar-refractivity contribution in [2.75, 3.05) is 6.54 Å². The van der Waals surface area contributed by atoms with E-state index in [1.165, 1.54) is 34.1 Å². The SMILES string of the molecule is NC(=O)c1nn(CC(=O)N2CCC2C(=O)NCc2cccc(Cl)c2F)c2cnccc12. The van der Waals surface area contributed by atoms with Crippen LogP contribution >= 0.6 is 11.6 Å². The van der Waals surface area contributed by atoms with E-state index in [4.69, 9.17) is 17.3 Å². The molecule has 2 aromatic heterocycles. The zero-order chi connectivity index (χ0) is 22.1. The Hall–Kier alpha value is -3.53. The van der Waals surface area contributed by atoms with Crippen molar-refractivity contribution < 1.29 is 18.8 Å². The molecule has 0 radical (unpaired) electrons. The summed E-state index contributed by atoms with van der Waals surface area (Å²) in [5.74, 6) is -2.03. The number of carbonyl (C=O) groups excluding carboxylic acids is 3. The highest BCUT2D eigenvalue weighted by Crippen LogP contribution is 2.22. The minimum Gasteiger partial charge on any atom is -0.364 e. The molecule has 0 aliphatic carbocycles. The molecule has 1 aliphatic heterocycles. The van der Waals surface area contributed by atoms with Crippen LogP contribution in [0.1, 0.15) is 22.5 Å². The predicted molar refractivity (Wildman–Crippen MR) is 109 cm³/mol. The van der Waals surface area contributed by atoms with Crippen LogP contribution in [0.5, 0.6) is 0 Å². The summed E-state index contributed by atoms with van der Waals surface area (Å²) in [6.07, 6.45) is 3.48. The van der Waals surface area contributed by atoms with Crippen LogP contribution in [-0.4, -0.2) is 50.0 Å². The fraction of sp³-hybridized carbons (Fsp3) is 0.250. The second-order valence-corrected chi connectivity index (χ2v) is 7.49. The van der Waals surface area contributed by atoms with Crippen molar-refractivity contribution in [2.24, 2.45) is 5.73 Å². The fourth-order valence-electron chi connectivity index (χ4n) is 3.49. The lowest BCUT2D eigenvalue weighted by Crippen LogP contribution is -2.58. The molecule has 3 N–H and O–H groups in total. The van der Waals surface area contributed by atoms with Gasteiger partial charge in [-0.05, 0) is 18.6 Å². The van der Waals surface area contributed by atoms with Gasteiger partial charge in [0, 0.05) is 30.2 Å². The van der Waals surface area contributed by atoms with Gasteiger partial charge in [-0.25, -0.2) is 4.39 Å². The van der Waals surface area contributed by atoms with Crippen LogP contribution < -0.4 is 11.1 Å². The maximum Gasteiger partial charge on any atom is 0.269 e. The molecule has 4 rings (SSSR count). The van der Waals surface area contributed by atoms with Gasteiger partial charge in [0.05, 0.1) is 16.7 Å². The minimum absolute atomic E-state index is 0.0246. The zero-order valence-corrected chi connectivity index (χ0v) is 17.0. The summed E-state index contributed by atoms with van der Waals surface area (Å²) in [6, 6.07) is 5.48. The van der Waals surface area contributed by atoms with Crippen LogP contribution in [0.15, 0.2) is 36.7 Å². The van der Waals surface area contributed by atoms with Crippen LogP contribution in [0.25, 0.3) is 10.9 Å². The fourth-order valence-corrected chi connectivity index (χ4v) is 3.68. The van der Waals surface area contributed by atoms with Gasteiger partial charge in [0.1, 0.15) is 18.4 Å². The second-order valence-electron chi connectivity index (χ2n) is 7.09. The van der Waals surface area contributed by atoms with Crippen LogP contribution in [0.3, 0.4) is 0 Å². The van der Waals surface area contributed by atoms with Crippen molar-refractivity contribution in [2.45, 2.75) is 25.6 Å². The summed E-state index contributed by atoms with van der Waals surface area (Å²) in [5, 5.41) is 7.25. The molecule has 11 heteroatoms. The third-order valence-corrected chi connectivity index (χ3v) is 5.49. The zero-order valence-electron chi connectivity index (χ0n) is 16.2. The van der Waals surface area contributed by atoms with Gasteiger partial charge in [-0.2, -0.15) is 5.10 Å². The third kappa shape index (κ3) is 3.93. The summed E-state index contributed by atoms with van der Waals surface area (Å²) in [4.78, 5) is 42.3. The van der Waals surface area contributed by atoms with E-state index in [9.17, 15) is 18.8 Å². The molecule has 0 saturated carbocycles. The summed E-state index contributed by atoms with van der Waals surface area (Å²) < 4.78 is 15.3. The lowest BCUT2D eigenvalue weighted by atomic mass is 10.0. The quantitative estimate of drug-likeness (QED) is 0.592. The number of likely N-dealkylation sites (tertiary alicyclic amines) is 1. The number of primary amides is 1. The summed E-state index contributed by atoms with van der Waals surface area (Å²) in [6.45, 7) is 0.186. The van der Waals surface area contributed by atoms with Crippen molar-refractivity contribution in [3.63, 3.8) is 0 Å². The monoisotopic (exact) mass is 444 g/mol. The molecule has 1 aliphatic rings. The molecule has 1 unspecified atom stereocenters. The number of carbonyl (C=O) groups is 3. The highest BCUT2D eigenvalue weighted by Gasteiger charge is 2.37. The van der Waals surface area contributed by atoms with Crippen molar-refractivity contribution in [3.8, 4) is 0 Å². The van der Waals surface area contributed by atoms with Gasteiger partial charge < -0.3 is 16.0 Å². The van der Waals surface area contributed by atoms with E-state index in [0.29, 0.717) is 23.9 Å². The van der Waals surface area contributed by atoms with E-state index in [1.807, 2.05) is 0 Å². The standard InChI is InChI=1S/C20H18ClFN6O3/c21-13-3-1-2-11(17(13)22)8-25-20(31)14-5-7-27(14)16(29)10-28-15-9-24-6-4-12(15)18(26-28)19(23)30/h1-4,6,9,14H,5,7-8,10H2,(H2,23,30)(H,25,31). The molecule has 3 heterocycles. The molecule has 0 bridgehead atoms. The van der Waals surface area contributed by atoms with Crippen molar-refractivity contribution in [1.82, 2.24) is 25.0 Å². The lowest BCUT2D eigenvalue weighted by molar-refractivity contribution is -0.148. The number of hydrogen-bond donors (Lipinski definition) is 2. The van der Waals surface area contributed by atoms with Gasteiger partial charge in [-0.3, -0.25) is 24.0 Å². The first kappa shape index (κ1) is 20.7. The molecular weight excluding hydrogens is 427 g/mol. The molecule has 1 saturated heterocycles. The van der Waals surface area contributed by atoms with Gasteiger partial charge in [-0.1, -0.05) is 23.7 Å². The van der Waals surface area contributed by atoms with Gasteiger partial charge in [-0.15, -0.1) is 0 Å². The largest absolute Gasteiger partial charge is 0.364 e. The number of hydrogen-bond acceptors (Lipinski definition) is 5. The van der Waals surface area contributed by atoms with Crippen LogP contribution in [0, 0.1) is 5.82 Å². The molecule has 3 amide bonds. The first-order valence-corrected chi connectivity index (χ1v) is 9.85. The number of amides is 3. The Morgan fingerprint density at radius 3 is 2.81 bits per heavy atom. The van der Waals surface area contributed by atoms with Gasteiger partial charge in [0.25, 0.3) is 5.91 Å². The molecule has 31 heavy (non-hydrogen) atoms. The first-order valence-electron chi connectivity index (χ1n) is 9.47. The van der Waals surface area contributed by atoms with Crippen molar-refractivity contribution >= 4 is 40.2 Å². The Kier molecular flexibility index (Phi) is 5.55. The van der Waals surface area contributed by atoms with E-state index in [2.05, 4.69) is 15.4 Å². The van der Waals surface area contributed by atoms with E-state index >= 15 is 0 Å². The first-order chi connectivity index (χ1) is 14.9. The molecule has 3 aromatic rings.